The minimum absolute atomic E-state index is 0.353. The Morgan fingerprint density at radius 3 is 2.37 bits per heavy atom. The van der Waals surface area contributed by atoms with Crippen LogP contribution in [0.5, 0.6) is 0 Å². The smallest absolute Gasteiger partial charge is 0.0758 e. The molecule has 0 saturated heterocycles. The normalized spacial score (nSPS) is 15.5. The van der Waals surface area contributed by atoms with Crippen molar-refractivity contribution in [2.75, 3.05) is 6.54 Å². The molecule has 0 saturated carbocycles. The van der Waals surface area contributed by atoms with Crippen LogP contribution in [-0.4, -0.2) is 6.54 Å². The van der Waals surface area contributed by atoms with Gasteiger partial charge in [0.25, 0.3) is 0 Å². The Morgan fingerprint density at radius 1 is 1.32 bits per heavy atom. The number of thiophene rings is 1. The minimum atomic E-state index is 0.353. The number of halogens is 2. The molecule has 1 rings (SSSR count). The van der Waals surface area contributed by atoms with Crippen LogP contribution >= 0.6 is 43.2 Å². The summed E-state index contributed by atoms with van der Waals surface area (Å²) in [5, 5.41) is 3.70. The van der Waals surface area contributed by atoms with E-state index < -0.39 is 0 Å². The van der Waals surface area contributed by atoms with Crippen molar-refractivity contribution in [2.24, 2.45) is 11.3 Å². The maximum atomic E-state index is 3.70. The third-order valence-electron chi connectivity index (χ3n) is 3.77. The average molecular weight is 411 g/mol. The number of hydrogen-bond donors (Lipinski definition) is 1. The molecule has 0 spiro atoms. The van der Waals surface area contributed by atoms with Gasteiger partial charge in [0.2, 0.25) is 0 Å². The van der Waals surface area contributed by atoms with E-state index in [1.807, 2.05) is 0 Å². The Morgan fingerprint density at radius 2 is 1.95 bits per heavy atom. The maximum Gasteiger partial charge on any atom is 0.0758 e. The van der Waals surface area contributed by atoms with Crippen LogP contribution in [0.15, 0.2) is 13.6 Å². The van der Waals surface area contributed by atoms with Gasteiger partial charge in [-0.25, -0.2) is 0 Å². The highest BCUT2D eigenvalue weighted by molar-refractivity contribution is 9.12. The van der Waals surface area contributed by atoms with Gasteiger partial charge in [-0.3, -0.25) is 0 Å². The average Bonchev–Trinajstić information content (AvgIpc) is 2.62. The zero-order chi connectivity index (χ0) is 14.6. The van der Waals surface area contributed by atoms with Crippen LogP contribution in [0.3, 0.4) is 0 Å². The fourth-order valence-electron chi connectivity index (χ4n) is 1.94. The van der Waals surface area contributed by atoms with Crippen LogP contribution in [0.4, 0.5) is 0 Å². The molecule has 1 heterocycles. The quantitative estimate of drug-likeness (QED) is 0.572. The molecule has 0 radical (unpaired) electrons. The maximum absolute atomic E-state index is 3.70. The van der Waals surface area contributed by atoms with Crippen LogP contribution in [-0.2, 0) is 0 Å². The van der Waals surface area contributed by atoms with Gasteiger partial charge in [0.15, 0.2) is 0 Å². The molecule has 19 heavy (non-hydrogen) atoms. The van der Waals surface area contributed by atoms with Gasteiger partial charge in [-0.1, -0.05) is 34.6 Å². The first-order valence-corrected chi connectivity index (χ1v) is 9.34. The molecule has 0 aliphatic rings. The Hall–Kier alpha value is 0.620. The molecule has 0 aliphatic heterocycles. The van der Waals surface area contributed by atoms with Crippen LogP contribution < -0.4 is 5.32 Å². The van der Waals surface area contributed by atoms with E-state index in [2.05, 4.69) is 77.9 Å². The topological polar surface area (TPSA) is 12.0 Å². The van der Waals surface area contributed by atoms with Crippen LogP contribution in [0.25, 0.3) is 0 Å². The predicted octanol–water partition coefficient (Wildman–Crippen LogP) is 6.39. The summed E-state index contributed by atoms with van der Waals surface area (Å²) in [6.45, 7) is 12.6. The van der Waals surface area contributed by atoms with Crippen LogP contribution in [0.2, 0.25) is 0 Å². The minimum Gasteiger partial charge on any atom is -0.310 e. The third-order valence-corrected chi connectivity index (χ3v) is 6.15. The summed E-state index contributed by atoms with van der Waals surface area (Å²) in [5.41, 5.74) is 1.74. The van der Waals surface area contributed by atoms with Crippen LogP contribution in [0.1, 0.15) is 59.1 Å². The van der Waals surface area contributed by atoms with Gasteiger partial charge in [-0.2, -0.15) is 0 Å². The van der Waals surface area contributed by atoms with Gasteiger partial charge in [0.05, 0.1) is 7.57 Å². The van der Waals surface area contributed by atoms with E-state index in [0.29, 0.717) is 17.4 Å². The lowest BCUT2D eigenvalue weighted by molar-refractivity contribution is 0.223. The largest absolute Gasteiger partial charge is 0.310 e. The van der Waals surface area contributed by atoms with E-state index in [1.54, 1.807) is 11.3 Å². The van der Waals surface area contributed by atoms with E-state index in [0.717, 1.165) is 6.54 Å². The van der Waals surface area contributed by atoms with Gasteiger partial charge in [-0.05, 0) is 74.2 Å². The predicted molar refractivity (Wildman–Crippen MR) is 94.0 cm³/mol. The Bertz CT molecular complexity index is 395. The lowest BCUT2D eigenvalue weighted by atomic mass is 9.78. The molecule has 1 aromatic rings. The van der Waals surface area contributed by atoms with E-state index in [-0.39, 0.29) is 0 Å². The second kappa shape index (κ2) is 7.58. The molecule has 110 valence electrons. The van der Waals surface area contributed by atoms with Gasteiger partial charge in [0.1, 0.15) is 0 Å². The van der Waals surface area contributed by atoms with Crippen molar-refractivity contribution < 1.29 is 0 Å². The van der Waals surface area contributed by atoms with Gasteiger partial charge in [-0.15, -0.1) is 11.3 Å². The van der Waals surface area contributed by atoms with E-state index in [1.165, 1.54) is 26.0 Å². The fraction of sp³-hybridized carbons (Fsp3) is 0.733. The summed E-state index contributed by atoms with van der Waals surface area (Å²) in [6.07, 6.45) is 2.34. The molecule has 0 aromatic carbocycles. The summed E-state index contributed by atoms with van der Waals surface area (Å²) >= 11 is 9.04. The molecular formula is C15H25Br2NS. The van der Waals surface area contributed by atoms with E-state index >= 15 is 0 Å². The van der Waals surface area contributed by atoms with Gasteiger partial charge < -0.3 is 5.32 Å². The van der Waals surface area contributed by atoms with Crippen molar-refractivity contribution >= 4 is 43.2 Å². The third kappa shape index (κ3) is 5.49. The molecule has 2 atom stereocenters. The number of nitrogens with one attached hydrogen (secondary N) is 1. The zero-order valence-corrected chi connectivity index (χ0v) is 16.5. The van der Waals surface area contributed by atoms with Crippen molar-refractivity contribution in [3.63, 3.8) is 0 Å². The van der Waals surface area contributed by atoms with Crippen molar-refractivity contribution in [3.8, 4) is 0 Å². The number of rotatable bonds is 6. The molecule has 1 aromatic heterocycles. The first-order valence-electron chi connectivity index (χ1n) is 6.93. The zero-order valence-electron chi connectivity index (χ0n) is 12.5. The molecule has 0 fully saturated rings. The summed E-state index contributed by atoms with van der Waals surface area (Å²) in [6, 6.07) is 2.68. The molecule has 1 nitrogen and oxygen atoms in total. The Labute approximate surface area is 138 Å². The van der Waals surface area contributed by atoms with Crippen molar-refractivity contribution in [1.82, 2.24) is 5.32 Å². The second-order valence-electron chi connectivity index (χ2n) is 6.29. The van der Waals surface area contributed by atoms with Crippen molar-refractivity contribution in [3.05, 3.63) is 19.2 Å². The van der Waals surface area contributed by atoms with Gasteiger partial charge in [0, 0.05) is 6.04 Å². The summed E-state index contributed by atoms with van der Waals surface area (Å²) in [7, 11) is 0. The van der Waals surface area contributed by atoms with Crippen molar-refractivity contribution in [2.45, 2.75) is 53.5 Å². The summed E-state index contributed by atoms with van der Waals surface area (Å²) in [5.74, 6) is 0.674. The molecule has 4 heteroatoms. The highest BCUT2D eigenvalue weighted by Crippen LogP contribution is 2.40. The standard InChI is InChI=1S/C15H25Br2NS/c1-6-7-18-12(8-10(2)15(3,4)5)11-9-13(16)19-14(11)17/h9-10,12,18H,6-8H2,1-5H3. The van der Waals surface area contributed by atoms with E-state index in [4.69, 9.17) is 0 Å². The molecule has 1 N–H and O–H groups in total. The lowest BCUT2D eigenvalue weighted by Gasteiger charge is -2.31. The Kier molecular flexibility index (Phi) is 7.05. The SMILES string of the molecule is CCCNC(CC(C)C(C)(C)C)c1cc(Br)sc1Br. The summed E-state index contributed by atoms with van der Waals surface area (Å²) < 4.78 is 2.44. The molecule has 0 bridgehead atoms. The number of hydrogen-bond acceptors (Lipinski definition) is 2. The van der Waals surface area contributed by atoms with E-state index in [9.17, 15) is 0 Å². The molecule has 0 aliphatic carbocycles. The molecule has 0 amide bonds. The monoisotopic (exact) mass is 409 g/mol. The lowest BCUT2D eigenvalue weighted by Crippen LogP contribution is -2.28. The first-order chi connectivity index (χ1) is 8.75. The molecule has 2 unspecified atom stereocenters. The first kappa shape index (κ1) is 17.7. The van der Waals surface area contributed by atoms with Gasteiger partial charge >= 0.3 is 0 Å². The van der Waals surface area contributed by atoms with Crippen molar-refractivity contribution in [1.29, 1.82) is 0 Å². The van der Waals surface area contributed by atoms with Crippen LogP contribution in [0, 0.1) is 11.3 Å². The fourth-order valence-corrected chi connectivity index (χ4v) is 4.91. The second-order valence-corrected chi connectivity index (χ2v) is 10.0. The highest BCUT2D eigenvalue weighted by atomic mass is 79.9. The highest BCUT2D eigenvalue weighted by Gasteiger charge is 2.25. The summed E-state index contributed by atoms with van der Waals surface area (Å²) in [4.78, 5) is 0. The Balaban J connectivity index is 2.86. The molecular weight excluding hydrogens is 386 g/mol.